The first-order valence-electron chi connectivity index (χ1n) is 5.77. The molecule has 0 saturated heterocycles. The monoisotopic (exact) mass is 298 g/mol. The Morgan fingerprint density at radius 1 is 1.25 bits per heavy atom. The van der Waals surface area contributed by atoms with Gasteiger partial charge < -0.3 is 4.98 Å². The van der Waals surface area contributed by atoms with E-state index >= 15 is 0 Å². The van der Waals surface area contributed by atoms with Crippen molar-refractivity contribution in [3.05, 3.63) is 56.6 Å². The number of hydrogen-bond donors (Lipinski definition) is 1. The molecule has 20 heavy (non-hydrogen) atoms. The minimum absolute atomic E-state index is 0.262. The maximum absolute atomic E-state index is 12.7. The van der Waals surface area contributed by atoms with Crippen molar-refractivity contribution in [1.29, 1.82) is 0 Å². The first-order chi connectivity index (χ1) is 9.45. The molecule has 2 aromatic heterocycles. The lowest BCUT2D eigenvalue weighted by molar-refractivity contribution is -0.137. The van der Waals surface area contributed by atoms with Gasteiger partial charge in [-0.2, -0.15) is 13.2 Å². The molecule has 0 radical (unpaired) electrons. The quantitative estimate of drug-likeness (QED) is 0.773. The Balaban J connectivity index is 2.15. The average molecular weight is 298 g/mol. The van der Waals surface area contributed by atoms with Gasteiger partial charge in [-0.1, -0.05) is 6.07 Å². The van der Waals surface area contributed by atoms with Crippen molar-refractivity contribution in [3.8, 4) is 0 Å². The molecule has 0 fully saturated rings. The van der Waals surface area contributed by atoms with Crippen molar-refractivity contribution in [3.63, 3.8) is 0 Å². The number of imidazole rings is 1. The molecule has 0 saturated carbocycles. The molecular formula is C13H9F3N2OS. The second-order valence-corrected chi connectivity index (χ2v) is 5.36. The van der Waals surface area contributed by atoms with E-state index in [1.165, 1.54) is 22.0 Å². The van der Waals surface area contributed by atoms with Gasteiger partial charge in [0.15, 0.2) is 0 Å². The van der Waals surface area contributed by atoms with Crippen LogP contribution in [0.2, 0.25) is 0 Å². The van der Waals surface area contributed by atoms with Crippen LogP contribution in [0, 0.1) is 0 Å². The third kappa shape index (κ3) is 2.24. The second-order valence-electron chi connectivity index (χ2n) is 4.33. The SMILES string of the molecule is O=c1[nH]c2ccc(C(F)(F)F)cc2n1Cc1cccs1. The fourth-order valence-electron chi connectivity index (χ4n) is 2.04. The molecule has 0 amide bonds. The number of H-pyrrole nitrogens is 1. The highest BCUT2D eigenvalue weighted by atomic mass is 32.1. The van der Waals surface area contributed by atoms with Gasteiger partial charge in [0.2, 0.25) is 0 Å². The zero-order valence-electron chi connectivity index (χ0n) is 10.1. The fraction of sp³-hybridized carbons (Fsp3) is 0.154. The highest BCUT2D eigenvalue weighted by Gasteiger charge is 2.31. The lowest BCUT2D eigenvalue weighted by Gasteiger charge is -2.07. The number of nitrogens with one attached hydrogen (secondary N) is 1. The lowest BCUT2D eigenvalue weighted by atomic mass is 10.2. The van der Waals surface area contributed by atoms with Crippen LogP contribution in [0.3, 0.4) is 0 Å². The summed E-state index contributed by atoms with van der Waals surface area (Å²) in [5.74, 6) is 0. The van der Waals surface area contributed by atoms with Crippen LogP contribution in [0.25, 0.3) is 11.0 Å². The number of aromatic nitrogens is 2. The third-order valence-electron chi connectivity index (χ3n) is 3.00. The number of benzene rings is 1. The van der Waals surface area contributed by atoms with Gasteiger partial charge in [0.1, 0.15) is 0 Å². The smallest absolute Gasteiger partial charge is 0.306 e. The van der Waals surface area contributed by atoms with Gasteiger partial charge in [-0.25, -0.2) is 4.79 Å². The standard InChI is InChI=1S/C13H9F3N2OS/c14-13(15,16)8-3-4-10-11(6-8)18(12(19)17-10)7-9-2-1-5-20-9/h1-6H,7H2,(H,17,19). The van der Waals surface area contributed by atoms with E-state index in [1.807, 2.05) is 17.5 Å². The molecule has 3 rings (SSSR count). The first kappa shape index (κ1) is 13.0. The molecule has 0 spiro atoms. The Kier molecular flexibility index (Phi) is 2.93. The van der Waals surface area contributed by atoms with Crippen LogP contribution < -0.4 is 5.69 Å². The largest absolute Gasteiger partial charge is 0.416 e. The van der Waals surface area contributed by atoms with Gasteiger partial charge in [0, 0.05) is 4.88 Å². The van der Waals surface area contributed by atoms with Gasteiger partial charge in [0.25, 0.3) is 0 Å². The molecule has 104 valence electrons. The molecule has 0 aliphatic heterocycles. The summed E-state index contributed by atoms with van der Waals surface area (Å²) in [5, 5.41) is 1.86. The van der Waals surface area contributed by atoms with Crippen LogP contribution in [-0.2, 0) is 12.7 Å². The summed E-state index contributed by atoms with van der Waals surface area (Å²) >= 11 is 1.45. The Morgan fingerprint density at radius 2 is 2.05 bits per heavy atom. The van der Waals surface area contributed by atoms with Crippen molar-refractivity contribution in [2.24, 2.45) is 0 Å². The molecule has 7 heteroatoms. The number of hydrogen-bond acceptors (Lipinski definition) is 2. The van der Waals surface area contributed by atoms with Gasteiger partial charge in [-0.15, -0.1) is 11.3 Å². The molecule has 0 atom stereocenters. The van der Waals surface area contributed by atoms with Crippen LogP contribution in [0.15, 0.2) is 40.5 Å². The summed E-state index contributed by atoms with van der Waals surface area (Å²) in [7, 11) is 0. The van der Waals surface area contributed by atoms with Crippen LogP contribution in [0.5, 0.6) is 0 Å². The molecule has 0 aliphatic carbocycles. The van der Waals surface area contributed by atoms with Gasteiger partial charge in [0.05, 0.1) is 23.1 Å². The molecule has 0 bridgehead atoms. The second kappa shape index (κ2) is 4.52. The summed E-state index contributed by atoms with van der Waals surface area (Å²) in [4.78, 5) is 15.3. The number of thiophene rings is 1. The number of alkyl halides is 3. The van der Waals surface area contributed by atoms with Crippen LogP contribution in [0.4, 0.5) is 13.2 Å². The number of aromatic amines is 1. The van der Waals surface area contributed by atoms with E-state index in [2.05, 4.69) is 4.98 Å². The fourth-order valence-corrected chi connectivity index (χ4v) is 2.74. The highest BCUT2D eigenvalue weighted by molar-refractivity contribution is 7.09. The van der Waals surface area contributed by atoms with E-state index in [0.29, 0.717) is 5.52 Å². The highest BCUT2D eigenvalue weighted by Crippen LogP contribution is 2.31. The van der Waals surface area contributed by atoms with E-state index in [-0.39, 0.29) is 12.1 Å². The summed E-state index contributed by atoms with van der Waals surface area (Å²) in [5.41, 5.74) is -0.505. The van der Waals surface area contributed by atoms with Crippen molar-refractivity contribution in [2.45, 2.75) is 12.7 Å². The Labute approximate surface area is 115 Å². The van der Waals surface area contributed by atoms with Gasteiger partial charge in [-0.05, 0) is 29.6 Å². The van der Waals surface area contributed by atoms with Crippen LogP contribution >= 0.6 is 11.3 Å². The van der Waals surface area contributed by atoms with Crippen molar-refractivity contribution >= 4 is 22.4 Å². The molecule has 0 aliphatic rings. The number of nitrogens with zero attached hydrogens (tertiary/aromatic N) is 1. The summed E-state index contributed by atoms with van der Waals surface area (Å²) in [6.45, 7) is 0.262. The zero-order chi connectivity index (χ0) is 14.3. The van der Waals surface area contributed by atoms with E-state index in [4.69, 9.17) is 0 Å². The molecular weight excluding hydrogens is 289 g/mol. The summed E-state index contributed by atoms with van der Waals surface area (Å²) in [6.07, 6.45) is -4.42. The first-order valence-corrected chi connectivity index (χ1v) is 6.65. The predicted molar refractivity (Wildman–Crippen MR) is 71.0 cm³/mol. The Bertz CT molecular complexity index is 799. The molecule has 3 nitrogen and oxygen atoms in total. The topological polar surface area (TPSA) is 37.8 Å². The summed E-state index contributed by atoms with van der Waals surface area (Å²) < 4.78 is 39.5. The maximum atomic E-state index is 12.7. The molecule has 2 heterocycles. The van der Waals surface area contributed by atoms with Gasteiger partial charge >= 0.3 is 11.9 Å². The van der Waals surface area contributed by atoms with Gasteiger partial charge in [-0.3, -0.25) is 4.57 Å². The molecule has 0 unspecified atom stereocenters. The van der Waals surface area contributed by atoms with Crippen molar-refractivity contribution < 1.29 is 13.2 Å². The third-order valence-corrected chi connectivity index (χ3v) is 3.86. The number of rotatable bonds is 2. The Hall–Kier alpha value is -2.02. The van der Waals surface area contributed by atoms with E-state index in [1.54, 1.807) is 0 Å². The van der Waals surface area contributed by atoms with E-state index in [0.717, 1.165) is 17.0 Å². The summed E-state index contributed by atoms with van der Waals surface area (Å²) in [6, 6.07) is 6.92. The van der Waals surface area contributed by atoms with Crippen molar-refractivity contribution in [2.75, 3.05) is 0 Å². The average Bonchev–Trinajstić information content (AvgIpc) is 2.97. The number of fused-ring (bicyclic) bond motifs is 1. The predicted octanol–water partition coefficient (Wildman–Crippen LogP) is 3.46. The maximum Gasteiger partial charge on any atom is 0.416 e. The van der Waals surface area contributed by atoms with Crippen LogP contribution in [-0.4, -0.2) is 9.55 Å². The normalized spacial score (nSPS) is 12.2. The van der Waals surface area contributed by atoms with Crippen LogP contribution in [0.1, 0.15) is 10.4 Å². The van der Waals surface area contributed by atoms with E-state index in [9.17, 15) is 18.0 Å². The molecule has 3 aromatic rings. The molecule has 1 N–H and O–H groups in total. The minimum Gasteiger partial charge on any atom is -0.306 e. The minimum atomic E-state index is -4.42. The zero-order valence-corrected chi connectivity index (χ0v) is 10.9. The molecule has 1 aromatic carbocycles. The number of halogens is 3. The van der Waals surface area contributed by atoms with E-state index < -0.39 is 17.4 Å². The lowest BCUT2D eigenvalue weighted by Crippen LogP contribution is -2.17. The van der Waals surface area contributed by atoms with Crippen molar-refractivity contribution in [1.82, 2.24) is 9.55 Å². The Morgan fingerprint density at radius 3 is 2.70 bits per heavy atom.